The molecule has 2 aliphatic heterocycles. The van der Waals surface area contributed by atoms with Crippen LogP contribution in [0.1, 0.15) is 28.2 Å². The fraction of sp³-hybridized carbons (Fsp3) is 0.278. The molecule has 0 bridgehead atoms. The molecule has 0 spiro atoms. The molecule has 0 fully saturated rings. The lowest BCUT2D eigenvalue weighted by molar-refractivity contribution is 0.426. The van der Waals surface area contributed by atoms with Crippen molar-refractivity contribution in [2.75, 3.05) is 19.6 Å². The zero-order valence-electron chi connectivity index (χ0n) is 11.7. The maximum Gasteiger partial charge on any atom is 0.131 e. The normalized spacial score (nSPS) is 20.4. The second kappa shape index (κ2) is 4.48. The van der Waals surface area contributed by atoms with E-state index in [0.29, 0.717) is 5.92 Å². The van der Waals surface area contributed by atoms with E-state index >= 15 is 0 Å². The first-order valence-electron chi connectivity index (χ1n) is 7.28. The standard InChI is InChI=1S/C18H18N2/c1-13-6-8-14(9-7-13)17-12-20-11-10-19-18(20)16-5-3-2-4-15(16)17/h2-9,17H,10-12H2,1H3. The Morgan fingerprint density at radius 2 is 1.85 bits per heavy atom. The van der Waals surface area contributed by atoms with E-state index in [1.54, 1.807) is 0 Å². The summed E-state index contributed by atoms with van der Waals surface area (Å²) in [4.78, 5) is 7.12. The number of rotatable bonds is 1. The molecule has 0 saturated heterocycles. The van der Waals surface area contributed by atoms with Crippen molar-refractivity contribution in [3.8, 4) is 0 Å². The van der Waals surface area contributed by atoms with Gasteiger partial charge >= 0.3 is 0 Å². The number of hydrogen-bond donors (Lipinski definition) is 0. The Kier molecular flexibility index (Phi) is 2.62. The average molecular weight is 262 g/mol. The molecular weight excluding hydrogens is 244 g/mol. The third-order valence-corrected chi connectivity index (χ3v) is 4.39. The van der Waals surface area contributed by atoms with Gasteiger partial charge in [-0.15, -0.1) is 0 Å². The third-order valence-electron chi connectivity index (χ3n) is 4.39. The molecule has 2 nitrogen and oxygen atoms in total. The van der Waals surface area contributed by atoms with Gasteiger partial charge in [0.15, 0.2) is 0 Å². The van der Waals surface area contributed by atoms with Crippen LogP contribution < -0.4 is 0 Å². The molecule has 0 aromatic heterocycles. The van der Waals surface area contributed by atoms with Gasteiger partial charge in [0.2, 0.25) is 0 Å². The molecule has 0 N–H and O–H groups in total. The summed E-state index contributed by atoms with van der Waals surface area (Å²) in [5.74, 6) is 1.66. The van der Waals surface area contributed by atoms with Crippen LogP contribution in [0.25, 0.3) is 0 Å². The minimum Gasteiger partial charge on any atom is -0.354 e. The fourth-order valence-electron chi connectivity index (χ4n) is 3.32. The van der Waals surface area contributed by atoms with Crippen molar-refractivity contribution in [1.29, 1.82) is 0 Å². The van der Waals surface area contributed by atoms with Gasteiger partial charge in [-0.1, -0.05) is 54.1 Å². The summed E-state index contributed by atoms with van der Waals surface area (Å²) in [5.41, 5.74) is 5.48. The van der Waals surface area contributed by atoms with Gasteiger partial charge in [-0.05, 0) is 18.1 Å². The van der Waals surface area contributed by atoms with E-state index in [1.807, 2.05) is 0 Å². The summed E-state index contributed by atoms with van der Waals surface area (Å²) in [5, 5.41) is 0. The van der Waals surface area contributed by atoms with Crippen molar-refractivity contribution in [2.24, 2.45) is 4.99 Å². The lowest BCUT2D eigenvalue weighted by Crippen LogP contribution is -2.38. The van der Waals surface area contributed by atoms with Crippen LogP contribution in [0.4, 0.5) is 0 Å². The van der Waals surface area contributed by atoms with Crippen molar-refractivity contribution < 1.29 is 0 Å². The summed E-state index contributed by atoms with van der Waals surface area (Å²) in [6, 6.07) is 17.7. The number of amidine groups is 1. The van der Waals surface area contributed by atoms with Crippen LogP contribution in [0, 0.1) is 6.92 Å². The Morgan fingerprint density at radius 1 is 1.05 bits per heavy atom. The highest BCUT2D eigenvalue weighted by molar-refractivity contribution is 6.02. The monoisotopic (exact) mass is 262 g/mol. The van der Waals surface area contributed by atoms with Crippen molar-refractivity contribution >= 4 is 5.84 Å². The fourth-order valence-corrected chi connectivity index (χ4v) is 3.32. The molecule has 0 amide bonds. The van der Waals surface area contributed by atoms with E-state index in [2.05, 4.69) is 65.3 Å². The van der Waals surface area contributed by atoms with Crippen molar-refractivity contribution in [3.05, 3.63) is 70.8 Å². The van der Waals surface area contributed by atoms with Gasteiger partial charge in [0.05, 0.1) is 6.54 Å². The zero-order chi connectivity index (χ0) is 13.5. The molecule has 1 atom stereocenters. The van der Waals surface area contributed by atoms with Crippen LogP contribution in [0.2, 0.25) is 0 Å². The third kappa shape index (κ3) is 1.75. The molecule has 0 saturated carbocycles. The Labute approximate surface area is 119 Å². The number of hydrogen-bond acceptors (Lipinski definition) is 2. The maximum absolute atomic E-state index is 4.68. The largest absolute Gasteiger partial charge is 0.354 e. The number of nitrogens with zero attached hydrogens (tertiary/aromatic N) is 2. The van der Waals surface area contributed by atoms with Gasteiger partial charge in [0, 0.05) is 24.6 Å². The molecule has 2 heterocycles. The first kappa shape index (κ1) is 11.7. The molecule has 0 aliphatic carbocycles. The van der Waals surface area contributed by atoms with Gasteiger partial charge in [-0.3, -0.25) is 4.99 Å². The summed E-state index contributed by atoms with van der Waals surface area (Å²) < 4.78 is 0. The SMILES string of the molecule is Cc1ccc(C2CN3CCN=C3c3ccccc32)cc1. The zero-order valence-corrected chi connectivity index (χ0v) is 11.7. The highest BCUT2D eigenvalue weighted by Gasteiger charge is 2.32. The van der Waals surface area contributed by atoms with Gasteiger partial charge in [0.25, 0.3) is 0 Å². The molecule has 0 radical (unpaired) electrons. The summed E-state index contributed by atoms with van der Waals surface area (Å²) >= 11 is 0. The molecule has 20 heavy (non-hydrogen) atoms. The minimum atomic E-state index is 0.462. The highest BCUT2D eigenvalue weighted by Crippen LogP contribution is 2.34. The Hall–Kier alpha value is -2.09. The van der Waals surface area contributed by atoms with Crippen molar-refractivity contribution in [2.45, 2.75) is 12.8 Å². The smallest absolute Gasteiger partial charge is 0.131 e. The molecule has 4 rings (SSSR count). The van der Waals surface area contributed by atoms with E-state index < -0.39 is 0 Å². The molecule has 2 heteroatoms. The topological polar surface area (TPSA) is 15.6 Å². The van der Waals surface area contributed by atoms with E-state index in [0.717, 1.165) is 19.6 Å². The number of aryl methyl sites for hydroxylation is 1. The molecular formula is C18H18N2. The lowest BCUT2D eigenvalue weighted by atomic mass is 9.84. The van der Waals surface area contributed by atoms with Crippen LogP contribution in [0.5, 0.6) is 0 Å². The Morgan fingerprint density at radius 3 is 2.70 bits per heavy atom. The first-order valence-corrected chi connectivity index (χ1v) is 7.28. The van der Waals surface area contributed by atoms with Gasteiger partial charge in [-0.2, -0.15) is 0 Å². The van der Waals surface area contributed by atoms with Crippen LogP contribution >= 0.6 is 0 Å². The van der Waals surface area contributed by atoms with Gasteiger partial charge in [-0.25, -0.2) is 0 Å². The van der Waals surface area contributed by atoms with E-state index in [4.69, 9.17) is 0 Å². The minimum absolute atomic E-state index is 0.462. The predicted octanol–water partition coefficient (Wildman–Crippen LogP) is 3.20. The average Bonchev–Trinajstić information content (AvgIpc) is 2.96. The van der Waals surface area contributed by atoms with Gasteiger partial charge in [0.1, 0.15) is 5.84 Å². The van der Waals surface area contributed by atoms with Crippen LogP contribution in [0.15, 0.2) is 53.5 Å². The second-order valence-corrected chi connectivity index (χ2v) is 5.70. The first-order chi connectivity index (χ1) is 9.83. The number of benzene rings is 2. The van der Waals surface area contributed by atoms with Crippen molar-refractivity contribution in [3.63, 3.8) is 0 Å². The molecule has 2 aliphatic rings. The molecule has 100 valence electrons. The van der Waals surface area contributed by atoms with E-state index in [9.17, 15) is 0 Å². The predicted molar refractivity (Wildman–Crippen MR) is 82.4 cm³/mol. The number of fused-ring (bicyclic) bond motifs is 3. The van der Waals surface area contributed by atoms with E-state index in [-0.39, 0.29) is 0 Å². The van der Waals surface area contributed by atoms with Crippen molar-refractivity contribution in [1.82, 2.24) is 4.90 Å². The molecule has 2 aromatic rings. The summed E-state index contributed by atoms with van der Waals surface area (Å²) in [7, 11) is 0. The molecule has 2 aromatic carbocycles. The second-order valence-electron chi connectivity index (χ2n) is 5.70. The van der Waals surface area contributed by atoms with E-state index in [1.165, 1.54) is 28.1 Å². The molecule has 1 unspecified atom stereocenters. The lowest BCUT2D eigenvalue weighted by Gasteiger charge is -2.34. The number of aliphatic imine (C=N–C) groups is 1. The highest BCUT2D eigenvalue weighted by atomic mass is 15.2. The van der Waals surface area contributed by atoms with Crippen LogP contribution in [0.3, 0.4) is 0 Å². The van der Waals surface area contributed by atoms with Crippen LogP contribution in [-0.4, -0.2) is 30.4 Å². The Bertz CT molecular complexity index is 670. The summed E-state index contributed by atoms with van der Waals surface area (Å²) in [6.07, 6.45) is 0. The van der Waals surface area contributed by atoms with Crippen LogP contribution in [-0.2, 0) is 0 Å². The maximum atomic E-state index is 4.68. The quantitative estimate of drug-likeness (QED) is 0.770. The van der Waals surface area contributed by atoms with Gasteiger partial charge < -0.3 is 4.90 Å². The Balaban J connectivity index is 1.84. The summed E-state index contributed by atoms with van der Waals surface area (Å²) in [6.45, 7) is 5.19.